The van der Waals surface area contributed by atoms with E-state index < -0.39 is 24.4 Å². The molecule has 2 aliphatic rings. The van der Waals surface area contributed by atoms with Crippen molar-refractivity contribution < 1.29 is 23.9 Å². The average molecular weight is 378 g/mol. The number of carbonyl (C=O) groups excluding carboxylic acids is 4. The SMILES string of the molecule is CC(=O)c1c(C)[nH]c(C(=O)COC(=O)[C@@H]2CS[C@]3(C)CCC(=O)N23)c1C. The van der Waals surface area contributed by atoms with Gasteiger partial charge in [-0.3, -0.25) is 14.4 Å². The van der Waals surface area contributed by atoms with Crippen LogP contribution in [0.5, 0.6) is 0 Å². The molecule has 26 heavy (non-hydrogen) atoms. The van der Waals surface area contributed by atoms with Crippen LogP contribution >= 0.6 is 11.8 Å². The van der Waals surface area contributed by atoms with Gasteiger partial charge < -0.3 is 14.6 Å². The summed E-state index contributed by atoms with van der Waals surface area (Å²) in [5.74, 6) is -0.648. The Labute approximate surface area is 155 Å². The summed E-state index contributed by atoms with van der Waals surface area (Å²) in [7, 11) is 0. The third kappa shape index (κ3) is 2.96. The molecule has 0 aliphatic carbocycles. The number of Topliss-reactive ketones (excluding diaryl/α,β-unsaturated/α-hetero) is 2. The van der Waals surface area contributed by atoms with E-state index in [0.29, 0.717) is 35.4 Å². The lowest BCUT2D eigenvalue weighted by Crippen LogP contribution is -2.46. The van der Waals surface area contributed by atoms with Crippen LogP contribution in [0.1, 0.15) is 58.8 Å². The number of fused-ring (bicyclic) bond motifs is 1. The summed E-state index contributed by atoms with van der Waals surface area (Å²) in [4.78, 5) is 52.8. The molecule has 3 rings (SSSR count). The molecule has 2 saturated heterocycles. The number of hydrogen-bond acceptors (Lipinski definition) is 6. The van der Waals surface area contributed by atoms with Crippen LogP contribution in [-0.4, -0.2) is 56.6 Å². The van der Waals surface area contributed by atoms with Crippen LogP contribution in [0.2, 0.25) is 0 Å². The predicted octanol–water partition coefficient (Wildman–Crippen LogP) is 2.01. The van der Waals surface area contributed by atoms with Crippen molar-refractivity contribution in [2.75, 3.05) is 12.4 Å². The van der Waals surface area contributed by atoms with Crippen LogP contribution < -0.4 is 0 Å². The highest BCUT2D eigenvalue weighted by Gasteiger charge is 2.53. The fourth-order valence-corrected chi connectivity index (χ4v) is 5.27. The number of thioether (sulfide) groups is 1. The zero-order chi connectivity index (χ0) is 19.2. The number of aromatic nitrogens is 1. The highest BCUT2D eigenvalue weighted by atomic mass is 32.2. The number of rotatable bonds is 5. The van der Waals surface area contributed by atoms with Gasteiger partial charge in [-0.25, -0.2) is 4.79 Å². The molecule has 2 fully saturated rings. The van der Waals surface area contributed by atoms with Crippen molar-refractivity contribution in [3.63, 3.8) is 0 Å². The summed E-state index contributed by atoms with van der Waals surface area (Å²) in [6.07, 6.45) is 1.15. The molecule has 7 nitrogen and oxygen atoms in total. The number of ether oxygens (including phenoxy) is 1. The molecule has 2 atom stereocenters. The van der Waals surface area contributed by atoms with Gasteiger partial charge >= 0.3 is 5.97 Å². The van der Waals surface area contributed by atoms with Crippen LogP contribution in [0.15, 0.2) is 0 Å². The standard InChI is InChI=1S/C18H22N2O5S/c1-9-15(11(3)21)10(2)19-16(9)13(22)7-25-17(24)12-8-26-18(4)6-5-14(23)20(12)18/h12,19H,5-8H2,1-4H3/t12-,18+/m0/s1. The molecule has 8 heteroatoms. The topological polar surface area (TPSA) is 96.5 Å². The summed E-state index contributed by atoms with van der Waals surface area (Å²) in [5, 5.41) is 0. The van der Waals surface area contributed by atoms with E-state index in [1.54, 1.807) is 30.5 Å². The minimum atomic E-state index is -0.646. The Kier molecular flexibility index (Phi) is 4.72. The average Bonchev–Trinajstić information content (AvgIpc) is 3.16. The third-order valence-corrected chi connectivity index (χ3v) is 6.64. The Hall–Kier alpha value is -2.09. The van der Waals surface area contributed by atoms with E-state index in [0.717, 1.165) is 0 Å². The fourth-order valence-electron chi connectivity index (χ4n) is 3.86. The first kappa shape index (κ1) is 18.7. The van der Waals surface area contributed by atoms with Gasteiger partial charge in [0.2, 0.25) is 11.7 Å². The van der Waals surface area contributed by atoms with Crippen molar-refractivity contribution >= 4 is 35.2 Å². The van der Waals surface area contributed by atoms with E-state index >= 15 is 0 Å². The number of nitrogens with one attached hydrogen (secondary N) is 1. The molecule has 1 aromatic heterocycles. The lowest BCUT2D eigenvalue weighted by molar-refractivity contribution is -0.152. The highest BCUT2D eigenvalue weighted by Crippen LogP contribution is 2.47. The number of nitrogens with zero attached hydrogens (tertiary/aromatic N) is 1. The molecule has 3 heterocycles. The fraction of sp³-hybridized carbons (Fsp3) is 0.556. The molecule has 1 N–H and O–H groups in total. The molecule has 1 amide bonds. The maximum absolute atomic E-state index is 12.4. The summed E-state index contributed by atoms with van der Waals surface area (Å²) in [6, 6.07) is -0.646. The Bertz CT molecular complexity index is 815. The van der Waals surface area contributed by atoms with Gasteiger partial charge in [-0.05, 0) is 39.7 Å². The minimum Gasteiger partial charge on any atom is -0.456 e. The molecule has 1 aromatic rings. The van der Waals surface area contributed by atoms with Gasteiger partial charge in [-0.15, -0.1) is 11.8 Å². The minimum absolute atomic E-state index is 0.0484. The van der Waals surface area contributed by atoms with Crippen molar-refractivity contribution in [3.05, 3.63) is 22.5 Å². The number of aryl methyl sites for hydroxylation is 1. The summed E-state index contributed by atoms with van der Waals surface area (Å²) >= 11 is 1.57. The van der Waals surface area contributed by atoms with Crippen LogP contribution in [0.25, 0.3) is 0 Å². The van der Waals surface area contributed by atoms with E-state index in [1.807, 2.05) is 6.92 Å². The van der Waals surface area contributed by atoms with Crippen molar-refractivity contribution in [1.82, 2.24) is 9.88 Å². The number of ketones is 2. The first-order valence-corrected chi connectivity index (χ1v) is 9.50. The third-order valence-electron chi connectivity index (χ3n) is 5.13. The predicted molar refractivity (Wildman–Crippen MR) is 96.3 cm³/mol. The van der Waals surface area contributed by atoms with Crippen molar-refractivity contribution in [3.8, 4) is 0 Å². The van der Waals surface area contributed by atoms with E-state index in [9.17, 15) is 19.2 Å². The highest BCUT2D eigenvalue weighted by molar-refractivity contribution is 8.01. The Balaban J connectivity index is 1.67. The molecule has 0 aromatic carbocycles. The Morgan fingerprint density at radius 1 is 1.35 bits per heavy atom. The number of esters is 1. The van der Waals surface area contributed by atoms with Gasteiger partial charge in [0, 0.05) is 23.4 Å². The smallest absolute Gasteiger partial charge is 0.330 e. The van der Waals surface area contributed by atoms with E-state index in [1.165, 1.54) is 6.92 Å². The molecule has 0 radical (unpaired) electrons. The number of aromatic amines is 1. The van der Waals surface area contributed by atoms with Gasteiger partial charge in [0.25, 0.3) is 0 Å². The number of carbonyl (C=O) groups is 4. The van der Waals surface area contributed by atoms with Crippen molar-refractivity contribution in [2.45, 2.75) is 51.4 Å². The Morgan fingerprint density at radius 2 is 2.04 bits per heavy atom. The second-order valence-corrected chi connectivity index (χ2v) is 8.48. The van der Waals surface area contributed by atoms with Gasteiger partial charge in [-0.2, -0.15) is 0 Å². The molecule has 0 spiro atoms. The molecule has 0 unspecified atom stereocenters. The van der Waals surface area contributed by atoms with Crippen molar-refractivity contribution in [1.29, 1.82) is 0 Å². The maximum atomic E-state index is 12.4. The van der Waals surface area contributed by atoms with Gasteiger partial charge in [0.15, 0.2) is 12.4 Å². The first-order valence-electron chi connectivity index (χ1n) is 8.52. The second kappa shape index (κ2) is 6.57. The zero-order valence-electron chi connectivity index (χ0n) is 15.3. The molecule has 2 aliphatic heterocycles. The molecule has 0 bridgehead atoms. The van der Waals surface area contributed by atoms with E-state index in [2.05, 4.69) is 4.98 Å². The number of H-pyrrole nitrogens is 1. The van der Waals surface area contributed by atoms with Crippen LogP contribution in [0, 0.1) is 13.8 Å². The zero-order valence-corrected chi connectivity index (χ0v) is 16.1. The van der Waals surface area contributed by atoms with E-state index in [-0.39, 0.29) is 22.3 Å². The lowest BCUT2D eigenvalue weighted by atomic mass is 10.1. The monoisotopic (exact) mass is 378 g/mol. The van der Waals surface area contributed by atoms with Crippen LogP contribution in [0.3, 0.4) is 0 Å². The molecule has 140 valence electrons. The Morgan fingerprint density at radius 3 is 2.65 bits per heavy atom. The van der Waals surface area contributed by atoms with Gasteiger partial charge in [0.05, 0.1) is 10.6 Å². The van der Waals surface area contributed by atoms with Gasteiger partial charge in [0.1, 0.15) is 6.04 Å². The summed E-state index contributed by atoms with van der Waals surface area (Å²) in [6.45, 7) is 6.39. The van der Waals surface area contributed by atoms with E-state index in [4.69, 9.17) is 4.74 Å². The lowest BCUT2D eigenvalue weighted by Gasteiger charge is -2.29. The summed E-state index contributed by atoms with van der Waals surface area (Å²) in [5.41, 5.74) is 1.96. The largest absolute Gasteiger partial charge is 0.456 e. The normalized spacial score (nSPS) is 24.7. The molecule has 0 saturated carbocycles. The number of hydrogen-bond donors (Lipinski definition) is 1. The van der Waals surface area contributed by atoms with Gasteiger partial charge in [-0.1, -0.05) is 0 Å². The first-order chi connectivity index (χ1) is 12.2. The number of amides is 1. The summed E-state index contributed by atoms with van der Waals surface area (Å²) < 4.78 is 5.21. The van der Waals surface area contributed by atoms with Crippen LogP contribution in [-0.2, 0) is 14.3 Å². The van der Waals surface area contributed by atoms with Crippen LogP contribution in [0.4, 0.5) is 0 Å². The molecular formula is C18H22N2O5S. The van der Waals surface area contributed by atoms with Crippen molar-refractivity contribution in [2.24, 2.45) is 0 Å². The maximum Gasteiger partial charge on any atom is 0.330 e. The second-order valence-electron chi connectivity index (χ2n) is 6.98. The molecular weight excluding hydrogens is 356 g/mol. The quantitative estimate of drug-likeness (QED) is 0.622.